The fourth-order valence-electron chi connectivity index (χ4n) is 2.01. The quantitative estimate of drug-likeness (QED) is 0.825. The van der Waals surface area contributed by atoms with Crippen LogP contribution in [0.3, 0.4) is 0 Å². The first kappa shape index (κ1) is 12.4. The van der Waals surface area contributed by atoms with E-state index in [1.54, 1.807) is 11.3 Å². The minimum atomic E-state index is 0.294. The number of anilines is 1. The summed E-state index contributed by atoms with van der Waals surface area (Å²) in [6.45, 7) is 7.53. The molecule has 0 saturated carbocycles. The van der Waals surface area contributed by atoms with Gasteiger partial charge in [-0.1, -0.05) is 6.92 Å². The Kier molecular flexibility index (Phi) is 3.99. The second-order valence-electron chi connectivity index (χ2n) is 4.39. The van der Waals surface area contributed by atoms with E-state index in [2.05, 4.69) is 15.3 Å². The van der Waals surface area contributed by atoms with E-state index in [1.165, 1.54) is 0 Å². The molecule has 1 amide bonds. The van der Waals surface area contributed by atoms with Crippen molar-refractivity contribution in [2.75, 3.05) is 31.1 Å². The van der Waals surface area contributed by atoms with Crippen LogP contribution in [-0.4, -0.2) is 42.0 Å². The Bertz CT molecular complexity index is 383. The zero-order valence-electron chi connectivity index (χ0n) is 10.5. The molecule has 17 heavy (non-hydrogen) atoms. The van der Waals surface area contributed by atoms with E-state index in [9.17, 15) is 4.79 Å². The predicted octanol–water partition coefficient (Wildman–Crippen LogP) is 1.90. The highest BCUT2D eigenvalue weighted by atomic mass is 32.1. The molecule has 0 unspecified atom stereocenters. The molecule has 0 radical (unpaired) electrons. The number of rotatable bonds is 3. The number of aromatic nitrogens is 1. The van der Waals surface area contributed by atoms with Crippen molar-refractivity contribution in [1.82, 2.24) is 9.88 Å². The molecule has 0 aliphatic carbocycles. The summed E-state index contributed by atoms with van der Waals surface area (Å²) in [7, 11) is 0. The third-order valence-electron chi connectivity index (χ3n) is 2.97. The standard InChI is InChI=1S/C12H19N3OS/c1-3-4-11(16)14-5-7-15(8-6-14)12-13-10(2)9-17-12/h9H,3-8H2,1-2H3. The molecule has 1 aliphatic rings. The first-order chi connectivity index (χ1) is 8.20. The van der Waals surface area contributed by atoms with Crippen LogP contribution in [0.15, 0.2) is 5.38 Å². The number of carbonyl (C=O) groups excluding carboxylic acids is 1. The maximum absolute atomic E-state index is 11.7. The lowest BCUT2D eigenvalue weighted by molar-refractivity contribution is -0.131. The number of carbonyl (C=O) groups is 1. The number of aryl methyl sites for hydroxylation is 1. The van der Waals surface area contributed by atoms with Gasteiger partial charge in [0.25, 0.3) is 0 Å². The molecule has 1 saturated heterocycles. The lowest BCUT2D eigenvalue weighted by Gasteiger charge is -2.34. The van der Waals surface area contributed by atoms with Crippen LogP contribution in [0.2, 0.25) is 0 Å². The molecule has 4 nitrogen and oxygen atoms in total. The van der Waals surface area contributed by atoms with E-state index in [0.717, 1.165) is 43.4 Å². The molecular weight excluding hydrogens is 234 g/mol. The van der Waals surface area contributed by atoms with Gasteiger partial charge < -0.3 is 9.80 Å². The van der Waals surface area contributed by atoms with Crippen molar-refractivity contribution >= 4 is 22.4 Å². The summed E-state index contributed by atoms with van der Waals surface area (Å²) in [5.41, 5.74) is 1.08. The van der Waals surface area contributed by atoms with Crippen molar-refractivity contribution in [2.24, 2.45) is 0 Å². The van der Waals surface area contributed by atoms with Crippen molar-refractivity contribution in [1.29, 1.82) is 0 Å². The Morgan fingerprint density at radius 1 is 1.41 bits per heavy atom. The van der Waals surface area contributed by atoms with Crippen LogP contribution >= 0.6 is 11.3 Å². The van der Waals surface area contributed by atoms with Crippen LogP contribution < -0.4 is 4.90 Å². The summed E-state index contributed by atoms with van der Waals surface area (Å²) in [5, 5.41) is 3.16. The number of hydrogen-bond acceptors (Lipinski definition) is 4. The molecule has 0 atom stereocenters. The van der Waals surface area contributed by atoms with E-state index in [0.29, 0.717) is 12.3 Å². The molecule has 0 aromatic carbocycles. The molecule has 94 valence electrons. The molecule has 1 fully saturated rings. The van der Waals surface area contributed by atoms with Gasteiger partial charge in [0.1, 0.15) is 0 Å². The lowest BCUT2D eigenvalue weighted by Crippen LogP contribution is -2.48. The number of hydrogen-bond donors (Lipinski definition) is 0. The smallest absolute Gasteiger partial charge is 0.222 e. The maximum Gasteiger partial charge on any atom is 0.222 e. The summed E-state index contributed by atoms with van der Waals surface area (Å²) in [4.78, 5) is 20.5. The fraction of sp³-hybridized carbons (Fsp3) is 0.667. The Hall–Kier alpha value is -1.10. The van der Waals surface area contributed by atoms with Gasteiger partial charge in [0.2, 0.25) is 5.91 Å². The Morgan fingerprint density at radius 2 is 2.12 bits per heavy atom. The van der Waals surface area contributed by atoms with Crippen LogP contribution in [0.5, 0.6) is 0 Å². The third kappa shape index (κ3) is 2.97. The van der Waals surface area contributed by atoms with Gasteiger partial charge in [-0.2, -0.15) is 0 Å². The van der Waals surface area contributed by atoms with Crippen LogP contribution in [-0.2, 0) is 4.79 Å². The molecule has 1 aromatic rings. The van der Waals surface area contributed by atoms with Crippen LogP contribution in [0, 0.1) is 6.92 Å². The van der Waals surface area contributed by atoms with Crippen LogP contribution in [0.25, 0.3) is 0 Å². The third-order valence-corrected chi connectivity index (χ3v) is 3.99. The average Bonchev–Trinajstić information content (AvgIpc) is 2.76. The minimum Gasteiger partial charge on any atom is -0.345 e. The van der Waals surface area contributed by atoms with Crippen molar-refractivity contribution in [2.45, 2.75) is 26.7 Å². The molecule has 2 rings (SSSR count). The van der Waals surface area contributed by atoms with Crippen LogP contribution in [0.1, 0.15) is 25.5 Å². The summed E-state index contributed by atoms with van der Waals surface area (Å²) in [5.74, 6) is 0.294. The van der Waals surface area contributed by atoms with Gasteiger partial charge in [-0.25, -0.2) is 4.98 Å². The summed E-state index contributed by atoms with van der Waals surface area (Å²) in [6.07, 6.45) is 1.61. The highest BCUT2D eigenvalue weighted by molar-refractivity contribution is 7.13. The van der Waals surface area contributed by atoms with Gasteiger partial charge in [0.15, 0.2) is 5.13 Å². The van der Waals surface area contributed by atoms with Crippen molar-refractivity contribution in [3.63, 3.8) is 0 Å². The summed E-state index contributed by atoms with van der Waals surface area (Å²) < 4.78 is 0. The molecule has 0 spiro atoms. The largest absolute Gasteiger partial charge is 0.345 e. The SMILES string of the molecule is CCCC(=O)N1CCN(c2nc(C)cs2)CC1. The molecule has 1 aliphatic heterocycles. The van der Waals surface area contributed by atoms with Crippen molar-refractivity contribution < 1.29 is 4.79 Å². The summed E-state index contributed by atoms with van der Waals surface area (Å²) in [6, 6.07) is 0. The van der Waals surface area contributed by atoms with Crippen molar-refractivity contribution in [3.05, 3.63) is 11.1 Å². The minimum absolute atomic E-state index is 0.294. The predicted molar refractivity (Wildman–Crippen MR) is 70.6 cm³/mol. The van der Waals surface area contributed by atoms with E-state index < -0.39 is 0 Å². The van der Waals surface area contributed by atoms with Gasteiger partial charge >= 0.3 is 0 Å². The van der Waals surface area contributed by atoms with E-state index in [1.807, 2.05) is 18.7 Å². The zero-order chi connectivity index (χ0) is 12.3. The topological polar surface area (TPSA) is 36.4 Å². The number of piperazine rings is 1. The van der Waals surface area contributed by atoms with Gasteiger partial charge in [0, 0.05) is 38.0 Å². The number of thiazole rings is 1. The first-order valence-electron chi connectivity index (χ1n) is 6.15. The number of amides is 1. The highest BCUT2D eigenvalue weighted by Crippen LogP contribution is 2.21. The van der Waals surface area contributed by atoms with Crippen molar-refractivity contribution in [3.8, 4) is 0 Å². The normalized spacial score (nSPS) is 16.4. The summed E-state index contributed by atoms with van der Waals surface area (Å²) >= 11 is 1.69. The second kappa shape index (κ2) is 5.49. The molecule has 0 N–H and O–H groups in total. The Labute approximate surface area is 106 Å². The van der Waals surface area contributed by atoms with E-state index in [-0.39, 0.29) is 0 Å². The molecule has 0 bridgehead atoms. The second-order valence-corrected chi connectivity index (χ2v) is 5.23. The van der Waals surface area contributed by atoms with Gasteiger partial charge in [-0.15, -0.1) is 11.3 Å². The first-order valence-corrected chi connectivity index (χ1v) is 7.03. The van der Waals surface area contributed by atoms with E-state index >= 15 is 0 Å². The van der Waals surface area contributed by atoms with Gasteiger partial charge in [-0.3, -0.25) is 4.79 Å². The average molecular weight is 253 g/mol. The lowest BCUT2D eigenvalue weighted by atomic mass is 10.2. The van der Waals surface area contributed by atoms with Gasteiger partial charge in [-0.05, 0) is 13.3 Å². The number of nitrogens with zero attached hydrogens (tertiary/aromatic N) is 3. The molecule has 1 aromatic heterocycles. The zero-order valence-corrected chi connectivity index (χ0v) is 11.3. The Morgan fingerprint density at radius 3 is 2.65 bits per heavy atom. The van der Waals surface area contributed by atoms with Crippen LogP contribution in [0.4, 0.5) is 5.13 Å². The van der Waals surface area contributed by atoms with E-state index in [4.69, 9.17) is 0 Å². The fourth-order valence-corrected chi connectivity index (χ4v) is 2.86. The Balaban J connectivity index is 1.88. The molecular formula is C12H19N3OS. The molecule has 5 heteroatoms. The molecule has 2 heterocycles. The highest BCUT2D eigenvalue weighted by Gasteiger charge is 2.21. The van der Waals surface area contributed by atoms with Gasteiger partial charge in [0.05, 0.1) is 5.69 Å². The monoisotopic (exact) mass is 253 g/mol. The maximum atomic E-state index is 11.7.